The van der Waals surface area contributed by atoms with Crippen molar-refractivity contribution in [1.82, 2.24) is 4.90 Å². The van der Waals surface area contributed by atoms with Gasteiger partial charge in [0.25, 0.3) is 5.91 Å². The molecule has 0 saturated carbocycles. The fourth-order valence-electron chi connectivity index (χ4n) is 3.24. The number of nitrogens with zero attached hydrogens (tertiary/aromatic N) is 1. The van der Waals surface area contributed by atoms with Gasteiger partial charge < -0.3 is 19.1 Å². The lowest BCUT2D eigenvalue weighted by atomic mass is 10.1. The monoisotopic (exact) mass is 473 g/mol. The van der Waals surface area contributed by atoms with Gasteiger partial charge >= 0.3 is 6.18 Å². The molecule has 1 saturated heterocycles. The summed E-state index contributed by atoms with van der Waals surface area (Å²) in [5.41, 5.74) is 0.622. The molecule has 7 nitrogen and oxygen atoms in total. The molecular formula is C21H22F3NO6S. The van der Waals surface area contributed by atoms with E-state index < -0.39 is 34.3 Å². The zero-order chi connectivity index (χ0) is 23.7. The minimum absolute atomic E-state index is 0.164. The first-order valence-electron chi connectivity index (χ1n) is 9.52. The molecule has 0 N–H and O–H groups in total. The summed E-state index contributed by atoms with van der Waals surface area (Å²) in [5, 5.41) is 0. The van der Waals surface area contributed by atoms with E-state index in [0.717, 1.165) is 31.1 Å². The third kappa shape index (κ3) is 5.45. The number of ether oxygens (including phenoxy) is 3. The lowest BCUT2D eigenvalue weighted by molar-refractivity contribution is -0.153. The van der Waals surface area contributed by atoms with E-state index in [0.29, 0.717) is 5.75 Å². The molecule has 1 aliphatic heterocycles. The van der Waals surface area contributed by atoms with Gasteiger partial charge in [-0.1, -0.05) is 12.1 Å². The first kappa shape index (κ1) is 23.7. The number of aryl methyl sites for hydroxylation is 1. The second-order valence-corrected chi connectivity index (χ2v) is 9.40. The fourth-order valence-corrected chi connectivity index (χ4v) is 4.08. The number of carbonyl (C=O) groups is 1. The van der Waals surface area contributed by atoms with Crippen molar-refractivity contribution in [3.8, 4) is 17.2 Å². The van der Waals surface area contributed by atoms with Crippen molar-refractivity contribution in [2.45, 2.75) is 24.1 Å². The molecule has 1 amide bonds. The van der Waals surface area contributed by atoms with Crippen LogP contribution in [0.25, 0.3) is 0 Å². The number of amides is 1. The summed E-state index contributed by atoms with van der Waals surface area (Å²) in [6.45, 7) is 0.593. The molecule has 174 valence electrons. The summed E-state index contributed by atoms with van der Waals surface area (Å²) in [4.78, 5) is 14.1. The number of carbonyl (C=O) groups excluding carboxylic acids is 1. The quantitative estimate of drug-likeness (QED) is 0.614. The van der Waals surface area contributed by atoms with Gasteiger partial charge in [0.15, 0.2) is 22.2 Å². The Bertz CT molecular complexity index is 1110. The highest BCUT2D eigenvalue weighted by Crippen LogP contribution is 2.37. The van der Waals surface area contributed by atoms with Crippen LogP contribution in [0.3, 0.4) is 0 Å². The molecule has 1 heterocycles. The maximum absolute atomic E-state index is 13.1. The molecule has 3 rings (SSSR count). The van der Waals surface area contributed by atoms with Gasteiger partial charge in [-0.05, 0) is 36.8 Å². The van der Waals surface area contributed by atoms with E-state index in [-0.39, 0.29) is 35.4 Å². The van der Waals surface area contributed by atoms with Crippen molar-refractivity contribution in [2.75, 3.05) is 33.1 Å². The number of halogens is 3. The molecule has 0 aliphatic carbocycles. The van der Waals surface area contributed by atoms with E-state index in [4.69, 9.17) is 14.2 Å². The third-order valence-corrected chi connectivity index (χ3v) is 5.84. The predicted molar refractivity (Wildman–Crippen MR) is 109 cm³/mol. The summed E-state index contributed by atoms with van der Waals surface area (Å²) in [6.07, 6.45) is -4.05. The molecule has 0 radical (unpaired) electrons. The van der Waals surface area contributed by atoms with Gasteiger partial charge in [0.2, 0.25) is 0 Å². The Hall–Kier alpha value is -2.95. The third-order valence-electron chi connectivity index (χ3n) is 4.72. The van der Waals surface area contributed by atoms with E-state index >= 15 is 0 Å². The summed E-state index contributed by atoms with van der Waals surface area (Å²) in [7, 11) is -2.70. The number of hydrogen-bond donors (Lipinski definition) is 0. The van der Waals surface area contributed by atoms with E-state index in [1.54, 1.807) is 6.07 Å². The number of rotatable bonds is 7. The predicted octanol–water partition coefficient (Wildman–Crippen LogP) is 3.25. The largest absolute Gasteiger partial charge is 0.494 e. The van der Waals surface area contributed by atoms with Gasteiger partial charge in [-0.15, -0.1) is 0 Å². The van der Waals surface area contributed by atoms with Crippen LogP contribution in [0.4, 0.5) is 13.2 Å². The number of methoxy groups -OCH3 is 1. The smallest absolute Gasteiger partial charge is 0.422 e. The van der Waals surface area contributed by atoms with Gasteiger partial charge in [-0.25, -0.2) is 8.42 Å². The van der Waals surface area contributed by atoms with Crippen molar-refractivity contribution >= 4 is 15.7 Å². The first-order chi connectivity index (χ1) is 14.9. The minimum atomic E-state index is -4.65. The molecule has 2 aromatic rings. The second-order valence-electron chi connectivity index (χ2n) is 7.41. The van der Waals surface area contributed by atoms with Gasteiger partial charge in [0.1, 0.15) is 28.1 Å². The first-order valence-corrected chi connectivity index (χ1v) is 11.4. The number of sulfone groups is 1. The highest BCUT2D eigenvalue weighted by Gasteiger charge is 2.38. The van der Waals surface area contributed by atoms with Crippen LogP contribution in [0, 0.1) is 6.92 Å². The lowest BCUT2D eigenvalue weighted by Crippen LogP contribution is -2.56. The Labute approximate surface area is 183 Å². The van der Waals surface area contributed by atoms with Gasteiger partial charge in [0.05, 0.1) is 20.2 Å². The summed E-state index contributed by atoms with van der Waals surface area (Å²) in [6, 6.07) is 9.44. The lowest BCUT2D eigenvalue weighted by Gasteiger charge is -2.39. The molecule has 0 bridgehead atoms. The average molecular weight is 473 g/mol. The molecule has 32 heavy (non-hydrogen) atoms. The van der Waals surface area contributed by atoms with Gasteiger partial charge in [-0.3, -0.25) is 4.79 Å². The normalized spacial score (nSPS) is 14.6. The van der Waals surface area contributed by atoms with E-state index in [1.807, 2.05) is 25.1 Å². The maximum Gasteiger partial charge on any atom is 0.422 e. The number of alkyl halides is 3. The molecule has 1 aliphatic rings. The number of likely N-dealkylation sites (tertiary alicyclic amines) is 1. The highest BCUT2D eigenvalue weighted by molar-refractivity contribution is 7.90. The van der Waals surface area contributed by atoms with Crippen molar-refractivity contribution in [3.63, 3.8) is 0 Å². The topological polar surface area (TPSA) is 82.1 Å². The Morgan fingerprint density at radius 3 is 2.44 bits per heavy atom. The average Bonchev–Trinajstić information content (AvgIpc) is 2.66. The molecule has 0 spiro atoms. The Morgan fingerprint density at radius 1 is 1.19 bits per heavy atom. The fraction of sp³-hybridized carbons (Fsp3) is 0.381. The maximum atomic E-state index is 13.1. The molecule has 0 aromatic heterocycles. The molecule has 1 fully saturated rings. The highest BCUT2D eigenvalue weighted by atomic mass is 32.2. The van der Waals surface area contributed by atoms with E-state index in [2.05, 4.69) is 0 Å². The Kier molecular flexibility index (Phi) is 6.59. The van der Waals surface area contributed by atoms with Crippen LogP contribution in [-0.2, 0) is 9.84 Å². The summed E-state index contributed by atoms with van der Waals surface area (Å²) < 4.78 is 78.0. The van der Waals surface area contributed by atoms with Crippen LogP contribution in [-0.4, -0.2) is 64.6 Å². The SMILES string of the molecule is COc1c(S(C)(=O)=O)ccc(OCC(F)(F)F)c1C(=O)N1CC(Oc2cccc(C)c2)C1. The zero-order valence-electron chi connectivity index (χ0n) is 17.6. The number of benzene rings is 2. The van der Waals surface area contributed by atoms with Crippen LogP contribution < -0.4 is 14.2 Å². The van der Waals surface area contributed by atoms with E-state index in [9.17, 15) is 26.4 Å². The summed E-state index contributed by atoms with van der Waals surface area (Å²) in [5.74, 6) is -0.860. The second kappa shape index (κ2) is 8.89. The Morgan fingerprint density at radius 2 is 1.88 bits per heavy atom. The Balaban J connectivity index is 1.86. The molecule has 2 aromatic carbocycles. The minimum Gasteiger partial charge on any atom is -0.494 e. The zero-order valence-corrected chi connectivity index (χ0v) is 18.4. The van der Waals surface area contributed by atoms with Crippen molar-refractivity contribution < 1.29 is 40.6 Å². The van der Waals surface area contributed by atoms with Crippen molar-refractivity contribution in [3.05, 3.63) is 47.5 Å². The van der Waals surface area contributed by atoms with Crippen LogP contribution in [0.15, 0.2) is 41.3 Å². The molecule has 11 heteroatoms. The molecule has 0 atom stereocenters. The van der Waals surface area contributed by atoms with Gasteiger partial charge in [-0.2, -0.15) is 13.2 Å². The number of hydrogen-bond acceptors (Lipinski definition) is 6. The van der Waals surface area contributed by atoms with Gasteiger partial charge in [0, 0.05) is 6.26 Å². The van der Waals surface area contributed by atoms with Crippen molar-refractivity contribution in [1.29, 1.82) is 0 Å². The summed E-state index contributed by atoms with van der Waals surface area (Å²) >= 11 is 0. The standard InChI is InChI=1S/C21H22F3NO6S/c1-13-5-4-6-14(9-13)31-15-10-25(11-15)20(26)18-16(30-12-21(22,23)24)7-8-17(19(18)29-2)32(3,27)28/h4-9,15H,10-12H2,1-3H3. The van der Waals surface area contributed by atoms with Crippen LogP contribution in [0.2, 0.25) is 0 Å². The van der Waals surface area contributed by atoms with Crippen molar-refractivity contribution in [2.24, 2.45) is 0 Å². The molecular weight excluding hydrogens is 451 g/mol. The molecule has 0 unspecified atom stereocenters. The van der Waals surface area contributed by atoms with Crippen LogP contribution in [0.5, 0.6) is 17.2 Å². The van der Waals surface area contributed by atoms with Crippen LogP contribution >= 0.6 is 0 Å². The van der Waals surface area contributed by atoms with Crippen LogP contribution in [0.1, 0.15) is 15.9 Å². The van der Waals surface area contributed by atoms with E-state index in [1.165, 1.54) is 4.90 Å².